The highest BCUT2D eigenvalue weighted by molar-refractivity contribution is 6.11. The van der Waals surface area contributed by atoms with E-state index in [-0.39, 0.29) is 29.5 Å². The molecule has 0 heterocycles. The van der Waals surface area contributed by atoms with Crippen molar-refractivity contribution in [3.63, 3.8) is 0 Å². The fraction of sp³-hybridized carbons (Fsp3) is 0.211. The molecule has 3 rings (SSSR count). The van der Waals surface area contributed by atoms with E-state index in [1.807, 2.05) is 6.07 Å². The number of aryl methyl sites for hydroxylation is 1. The van der Waals surface area contributed by atoms with Gasteiger partial charge in [-0.15, -0.1) is 12.4 Å². The Labute approximate surface area is 151 Å². The summed E-state index contributed by atoms with van der Waals surface area (Å²) in [5.41, 5.74) is 2.20. The van der Waals surface area contributed by atoms with Crippen molar-refractivity contribution in [1.82, 2.24) is 0 Å². The van der Waals surface area contributed by atoms with Crippen molar-refractivity contribution in [2.75, 3.05) is 0 Å². The number of hydrogen-bond acceptors (Lipinski definition) is 4. The summed E-state index contributed by atoms with van der Waals surface area (Å²) in [4.78, 5) is 35.5. The van der Waals surface area contributed by atoms with Gasteiger partial charge in [0.05, 0.1) is 11.5 Å². The highest BCUT2D eigenvalue weighted by Gasteiger charge is 2.31. The van der Waals surface area contributed by atoms with Crippen LogP contribution in [-0.2, 0) is 16.0 Å². The van der Waals surface area contributed by atoms with Gasteiger partial charge in [-0.1, -0.05) is 30.3 Å². The first kappa shape index (κ1) is 18.7. The molecule has 130 valence electrons. The van der Waals surface area contributed by atoms with Crippen LogP contribution in [0.5, 0.6) is 5.75 Å². The molecule has 0 amide bonds. The molecule has 0 spiro atoms. The van der Waals surface area contributed by atoms with Gasteiger partial charge in [0.1, 0.15) is 5.75 Å². The zero-order chi connectivity index (χ0) is 17.3. The number of rotatable bonds is 4. The van der Waals surface area contributed by atoms with Gasteiger partial charge in [0.15, 0.2) is 5.78 Å². The van der Waals surface area contributed by atoms with Gasteiger partial charge in [0.2, 0.25) is 0 Å². The number of fused-ring (bicyclic) bond motifs is 1. The molecule has 0 aromatic heterocycles. The Morgan fingerprint density at radius 3 is 2.40 bits per heavy atom. The Hall–Kier alpha value is -2.66. The van der Waals surface area contributed by atoms with Crippen LogP contribution < -0.4 is 4.74 Å². The van der Waals surface area contributed by atoms with E-state index in [9.17, 15) is 19.5 Å². The SMILES string of the molecule is CC(=O)Oc1cc2c(cc1C(=O)c1ccccc1)CCC2C(=O)O.Cl. The summed E-state index contributed by atoms with van der Waals surface area (Å²) in [5, 5.41) is 9.31. The van der Waals surface area contributed by atoms with Crippen LogP contribution in [0.1, 0.15) is 46.3 Å². The molecule has 1 N–H and O–H groups in total. The van der Waals surface area contributed by atoms with Crippen LogP contribution in [0.3, 0.4) is 0 Å². The Morgan fingerprint density at radius 1 is 1.12 bits per heavy atom. The summed E-state index contributed by atoms with van der Waals surface area (Å²) in [6.45, 7) is 1.25. The summed E-state index contributed by atoms with van der Waals surface area (Å²) >= 11 is 0. The number of aliphatic carboxylic acids is 1. The third-order valence-electron chi connectivity index (χ3n) is 4.15. The van der Waals surface area contributed by atoms with E-state index in [1.54, 1.807) is 30.3 Å². The first-order valence-electron chi connectivity index (χ1n) is 7.65. The maximum atomic E-state index is 12.8. The first-order valence-corrected chi connectivity index (χ1v) is 7.65. The minimum absolute atomic E-state index is 0. The first-order chi connectivity index (χ1) is 11.5. The quantitative estimate of drug-likeness (QED) is 0.513. The number of carbonyl (C=O) groups is 3. The molecule has 0 aliphatic heterocycles. The Bertz CT molecular complexity index is 829. The molecule has 1 aliphatic carbocycles. The smallest absolute Gasteiger partial charge is 0.310 e. The molecule has 0 bridgehead atoms. The van der Waals surface area contributed by atoms with Crippen molar-refractivity contribution in [1.29, 1.82) is 0 Å². The second-order valence-electron chi connectivity index (χ2n) is 5.77. The van der Waals surface area contributed by atoms with Crippen molar-refractivity contribution in [2.24, 2.45) is 0 Å². The molecular weight excluding hydrogens is 344 g/mol. The molecule has 1 unspecified atom stereocenters. The molecule has 1 atom stereocenters. The third kappa shape index (κ3) is 3.72. The fourth-order valence-corrected chi connectivity index (χ4v) is 3.05. The zero-order valence-electron chi connectivity index (χ0n) is 13.5. The molecule has 2 aromatic rings. The molecule has 0 radical (unpaired) electrons. The van der Waals surface area contributed by atoms with Crippen molar-refractivity contribution in [3.8, 4) is 5.75 Å². The summed E-state index contributed by atoms with van der Waals surface area (Å²) < 4.78 is 5.19. The number of ketones is 1. The van der Waals surface area contributed by atoms with Gasteiger partial charge in [-0.05, 0) is 36.1 Å². The fourth-order valence-electron chi connectivity index (χ4n) is 3.05. The van der Waals surface area contributed by atoms with Crippen molar-refractivity contribution >= 4 is 30.1 Å². The maximum absolute atomic E-state index is 12.8. The van der Waals surface area contributed by atoms with Crippen LogP contribution in [0.15, 0.2) is 42.5 Å². The molecule has 6 heteroatoms. The van der Waals surface area contributed by atoms with Crippen molar-refractivity contribution in [3.05, 3.63) is 64.7 Å². The average Bonchev–Trinajstić information content (AvgIpc) is 2.96. The van der Waals surface area contributed by atoms with Crippen molar-refractivity contribution < 1.29 is 24.2 Å². The van der Waals surface area contributed by atoms with E-state index in [2.05, 4.69) is 0 Å². The van der Waals surface area contributed by atoms with Gasteiger partial charge < -0.3 is 9.84 Å². The second kappa shape index (κ2) is 7.49. The molecule has 0 saturated heterocycles. The molecule has 5 nitrogen and oxygen atoms in total. The monoisotopic (exact) mass is 360 g/mol. The normalized spacial score (nSPS) is 15.0. The van der Waals surface area contributed by atoms with Gasteiger partial charge >= 0.3 is 11.9 Å². The molecule has 0 saturated carbocycles. The lowest BCUT2D eigenvalue weighted by Crippen LogP contribution is -2.12. The number of esters is 1. The third-order valence-corrected chi connectivity index (χ3v) is 4.15. The van der Waals surface area contributed by atoms with Gasteiger partial charge in [0, 0.05) is 12.5 Å². The highest BCUT2D eigenvalue weighted by atomic mass is 35.5. The van der Waals surface area contributed by atoms with E-state index in [0.717, 1.165) is 5.56 Å². The van der Waals surface area contributed by atoms with Crippen LogP contribution in [0.25, 0.3) is 0 Å². The predicted molar refractivity (Wildman–Crippen MR) is 93.6 cm³/mol. The summed E-state index contributed by atoms with van der Waals surface area (Å²) in [7, 11) is 0. The number of carboxylic acid groups (broad SMARTS) is 1. The molecule has 1 aliphatic rings. The van der Waals surface area contributed by atoms with Crippen LogP contribution in [-0.4, -0.2) is 22.8 Å². The van der Waals surface area contributed by atoms with E-state index >= 15 is 0 Å². The van der Waals surface area contributed by atoms with E-state index < -0.39 is 17.9 Å². The zero-order valence-corrected chi connectivity index (χ0v) is 14.3. The topological polar surface area (TPSA) is 80.7 Å². The number of halogens is 1. The Morgan fingerprint density at radius 2 is 1.80 bits per heavy atom. The average molecular weight is 361 g/mol. The molecule has 25 heavy (non-hydrogen) atoms. The molecular formula is C19H17ClO5. The minimum atomic E-state index is -0.912. The van der Waals surface area contributed by atoms with Crippen LogP contribution in [0.4, 0.5) is 0 Å². The largest absolute Gasteiger partial charge is 0.481 e. The van der Waals surface area contributed by atoms with E-state index in [4.69, 9.17) is 4.74 Å². The van der Waals surface area contributed by atoms with Gasteiger partial charge in [-0.2, -0.15) is 0 Å². The number of carbonyl (C=O) groups excluding carboxylic acids is 2. The number of ether oxygens (including phenoxy) is 1. The number of benzene rings is 2. The van der Waals surface area contributed by atoms with Crippen LogP contribution >= 0.6 is 12.4 Å². The summed E-state index contributed by atoms with van der Waals surface area (Å²) in [6.07, 6.45) is 1.06. The van der Waals surface area contributed by atoms with Gasteiger partial charge in [-0.3, -0.25) is 14.4 Å². The highest BCUT2D eigenvalue weighted by Crippen LogP contribution is 2.38. The number of hydrogen-bond donors (Lipinski definition) is 1. The Kier molecular flexibility index (Phi) is 5.59. The van der Waals surface area contributed by atoms with Crippen LogP contribution in [0, 0.1) is 0 Å². The second-order valence-corrected chi connectivity index (χ2v) is 5.77. The van der Waals surface area contributed by atoms with Gasteiger partial charge in [0.25, 0.3) is 0 Å². The van der Waals surface area contributed by atoms with Crippen LogP contribution in [0.2, 0.25) is 0 Å². The summed E-state index contributed by atoms with van der Waals surface area (Å²) in [5.74, 6) is -2.24. The van der Waals surface area contributed by atoms with Gasteiger partial charge in [-0.25, -0.2) is 0 Å². The van der Waals surface area contributed by atoms with Crippen molar-refractivity contribution in [2.45, 2.75) is 25.7 Å². The standard InChI is InChI=1S/C19H16O5.ClH/c1-11(20)24-17-10-15-13(7-8-14(15)19(22)23)9-16(17)18(21)12-5-3-2-4-6-12;/h2-6,9-10,14H,7-8H2,1H3,(H,22,23);1H. The lowest BCUT2D eigenvalue weighted by Gasteiger charge is -2.13. The summed E-state index contributed by atoms with van der Waals surface area (Å²) in [6, 6.07) is 11.9. The number of carboxylic acids is 1. The Balaban J connectivity index is 0.00000225. The predicted octanol–water partition coefficient (Wildman–Crippen LogP) is 3.38. The molecule has 0 fully saturated rings. The lowest BCUT2D eigenvalue weighted by molar-refractivity contribution is -0.138. The lowest BCUT2D eigenvalue weighted by atomic mass is 9.95. The maximum Gasteiger partial charge on any atom is 0.310 e. The van der Waals surface area contributed by atoms with E-state index in [0.29, 0.717) is 24.0 Å². The molecule has 2 aromatic carbocycles. The van der Waals surface area contributed by atoms with E-state index in [1.165, 1.54) is 13.0 Å². The minimum Gasteiger partial charge on any atom is -0.481 e.